The zero-order valence-electron chi connectivity index (χ0n) is 19.7. The lowest BCUT2D eigenvalue weighted by Gasteiger charge is -2.30. The summed E-state index contributed by atoms with van der Waals surface area (Å²) in [7, 11) is 0. The summed E-state index contributed by atoms with van der Waals surface area (Å²) in [6.45, 7) is 0.343. The van der Waals surface area contributed by atoms with Crippen LogP contribution in [0.1, 0.15) is 39.9 Å². The molecule has 0 saturated heterocycles. The normalized spacial score (nSPS) is 15.2. The molecule has 5 nitrogen and oxygen atoms in total. The lowest BCUT2D eigenvalue weighted by Crippen LogP contribution is -2.37. The average molecular weight is 525 g/mol. The van der Waals surface area contributed by atoms with E-state index in [0.29, 0.717) is 10.7 Å². The SMILES string of the molecule is O=C(c1cnn2c1NCCC2C(F)(F)F)N(CC(c1ccccc1)c1ccccc1)c1ccc(Cl)cc1. The van der Waals surface area contributed by atoms with Gasteiger partial charge in [0.15, 0.2) is 6.04 Å². The average Bonchev–Trinajstić information content (AvgIpc) is 3.34. The molecule has 3 aromatic carbocycles. The molecule has 0 spiro atoms. The van der Waals surface area contributed by atoms with E-state index in [0.717, 1.165) is 15.8 Å². The second-order valence-electron chi connectivity index (χ2n) is 8.89. The van der Waals surface area contributed by atoms with Gasteiger partial charge in [0, 0.05) is 29.7 Å². The molecule has 1 aliphatic heterocycles. The first-order chi connectivity index (χ1) is 17.8. The van der Waals surface area contributed by atoms with E-state index in [9.17, 15) is 18.0 Å². The van der Waals surface area contributed by atoms with Crippen LogP contribution in [0.15, 0.2) is 91.1 Å². The smallest absolute Gasteiger partial charge is 0.370 e. The molecule has 4 aromatic rings. The van der Waals surface area contributed by atoms with E-state index in [1.54, 1.807) is 29.2 Å². The number of hydrogen-bond donors (Lipinski definition) is 1. The number of alkyl halides is 3. The van der Waals surface area contributed by atoms with Crippen molar-refractivity contribution in [2.75, 3.05) is 23.3 Å². The molecule has 1 N–H and O–H groups in total. The van der Waals surface area contributed by atoms with Gasteiger partial charge in [0.1, 0.15) is 11.4 Å². The third kappa shape index (κ3) is 5.20. The number of halogens is 4. The van der Waals surface area contributed by atoms with Crippen molar-refractivity contribution in [1.29, 1.82) is 0 Å². The largest absolute Gasteiger partial charge is 0.410 e. The summed E-state index contributed by atoms with van der Waals surface area (Å²) >= 11 is 6.11. The van der Waals surface area contributed by atoms with Crippen molar-refractivity contribution in [1.82, 2.24) is 9.78 Å². The third-order valence-electron chi connectivity index (χ3n) is 6.56. The number of aromatic nitrogens is 2. The van der Waals surface area contributed by atoms with E-state index in [1.165, 1.54) is 6.20 Å². The Balaban J connectivity index is 1.57. The molecule has 5 rings (SSSR count). The summed E-state index contributed by atoms with van der Waals surface area (Å²) in [4.78, 5) is 15.6. The van der Waals surface area contributed by atoms with Gasteiger partial charge >= 0.3 is 6.18 Å². The molecule has 0 saturated carbocycles. The Kier molecular flexibility index (Phi) is 6.93. The van der Waals surface area contributed by atoms with Crippen molar-refractivity contribution in [3.63, 3.8) is 0 Å². The van der Waals surface area contributed by atoms with Crippen LogP contribution in [0.2, 0.25) is 5.02 Å². The van der Waals surface area contributed by atoms with E-state index in [-0.39, 0.29) is 36.8 Å². The maximum absolute atomic E-state index is 14.0. The van der Waals surface area contributed by atoms with E-state index in [1.807, 2.05) is 60.7 Å². The number of nitrogens with one attached hydrogen (secondary N) is 1. The molecular weight excluding hydrogens is 501 g/mol. The molecule has 9 heteroatoms. The molecular formula is C28H24ClF3N4O. The Bertz CT molecular complexity index is 1320. The highest BCUT2D eigenvalue weighted by Gasteiger charge is 2.45. The molecule has 0 aliphatic carbocycles. The van der Waals surface area contributed by atoms with Gasteiger partial charge in [0.2, 0.25) is 0 Å². The number of nitrogens with zero attached hydrogens (tertiary/aromatic N) is 3. The van der Waals surface area contributed by atoms with Gasteiger partial charge in [0.25, 0.3) is 5.91 Å². The monoisotopic (exact) mass is 524 g/mol. The van der Waals surface area contributed by atoms with Crippen LogP contribution in [0.3, 0.4) is 0 Å². The zero-order valence-corrected chi connectivity index (χ0v) is 20.5. The Morgan fingerprint density at radius 1 is 1.00 bits per heavy atom. The van der Waals surface area contributed by atoms with Gasteiger partial charge < -0.3 is 10.2 Å². The number of carbonyl (C=O) groups is 1. The number of fused-ring (bicyclic) bond motifs is 1. The molecule has 0 bridgehead atoms. The second-order valence-corrected chi connectivity index (χ2v) is 9.33. The molecule has 1 amide bonds. The van der Waals surface area contributed by atoms with Gasteiger partial charge in [-0.2, -0.15) is 18.3 Å². The molecule has 2 heterocycles. The third-order valence-corrected chi connectivity index (χ3v) is 6.81. The van der Waals surface area contributed by atoms with E-state index >= 15 is 0 Å². The van der Waals surface area contributed by atoms with Gasteiger partial charge in [-0.3, -0.25) is 4.79 Å². The first kappa shape index (κ1) is 24.9. The number of carbonyl (C=O) groups excluding carboxylic acids is 1. The summed E-state index contributed by atoms with van der Waals surface area (Å²) in [5.41, 5.74) is 2.68. The number of benzene rings is 3. The minimum absolute atomic E-state index is 0.0773. The second kappa shape index (κ2) is 10.3. The van der Waals surface area contributed by atoms with Crippen molar-refractivity contribution < 1.29 is 18.0 Å². The van der Waals surface area contributed by atoms with Crippen LogP contribution in [-0.2, 0) is 0 Å². The summed E-state index contributed by atoms with van der Waals surface area (Å²) in [6.07, 6.45) is -3.40. The molecule has 0 fully saturated rings. The Morgan fingerprint density at radius 2 is 1.59 bits per heavy atom. The number of hydrogen-bond acceptors (Lipinski definition) is 3. The van der Waals surface area contributed by atoms with Crippen molar-refractivity contribution in [3.05, 3.63) is 113 Å². The van der Waals surface area contributed by atoms with Crippen LogP contribution in [0, 0.1) is 0 Å². The van der Waals surface area contributed by atoms with Gasteiger partial charge in [-0.15, -0.1) is 0 Å². The number of anilines is 2. The fourth-order valence-electron chi connectivity index (χ4n) is 4.71. The molecule has 0 radical (unpaired) electrons. The van der Waals surface area contributed by atoms with Crippen LogP contribution in [0.5, 0.6) is 0 Å². The van der Waals surface area contributed by atoms with Crippen LogP contribution in [0.4, 0.5) is 24.7 Å². The fourth-order valence-corrected chi connectivity index (χ4v) is 4.84. The standard InChI is InChI=1S/C28H24ClF3N4O/c29-21-11-13-22(14-12-21)35(18-24(19-7-3-1-4-8-19)20-9-5-2-6-10-20)27(37)23-17-34-36-25(28(30,31)32)15-16-33-26(23)36/h1-14,17,24-25,33H,15-16,18H2. The minimum atomic E-state index is -4.47. The van der Waals surface area contributed by atoms with Crippen LogP contribution < -0.4 is 10.2 Å². The van der Waals surface area contributed by atoms with Gasteiger partial charge in [-0.1, -0.05) is 72.3 Å². The lowest BCUT2D eigenvalue weighted by atomic mass is 9.90. The molecule has 190 valence electrons. The number of rotatable bonds is 6. The zero-order chi connectivity index (χ0) is 26.0. The van der Waals surface area contributed by atoms with Gasteiger partial charge in [-0.05, 0) is 41.8 Å². The molecule has 1 aliphatic rings. The van der Waals surface area contributed by atoms with E-state index in [2.05, 4.69) is 10.4 Å². The Labute approximate surface area is 217 Å². The maximum atomic E-state index is 14.0. The van der Waals surface area contributed by atoms with E-state index in [4.69, 9.17) is 11.6 Å². The lowest BCUT2D eigenvalue weighted by molar-refractivity contribution is -0.171. The topological polar surface area (TPSA) is 50.2 Å². The highest BCUT2D eigenvalue weighted by Crippen LogP contribution is 2.39. The highest BCUT2D eigenvalue weighted by atomic mass is 35.5. The summed E-state index contributed by atoms with van der Waals surface area (Å²) in [6, 6.07) is 24.7. The first-order valence-corrected chi connectivity index (χ1v) is 12.3. The predicted molar refractivity (Wildman–Crippen MR) is 138 cm³/mol. The van der Waals surface area contributed by atoms with Crippen LogP contribution in [-0.4, -0.2) is 35.0 Å². The van der Waals surface area contributed by atoms with Crippen molar-refractivity contribution in [3.8, 4) is 0 Å². The summed E-state index contributed by atoms with van der Waals surface area (Å²) < 4.78 is 41.8. The molecule has 1 atom stereocenters. The summed E-state index contributed by atoms with van der Waals surface area (Å²) in [5.74, 6) is -0.561. The maximum Gasteiger partial charge on any atom is 0.410 e. The fraction of sp³-hybridized carbons (Fsp3) is 0.214. The van der Waals surface area contributed by atoms with Gasteiger partial charge in [-0.25, -0.2) is 4.68 Å². The molecule has 1 unspecified atom stereocenters. The Morgan fingerprint density at radius 3 is 2.16 bits per heavy atom. The highest BCUT2D eigenvalue weighted by molar-refractivity contribution is 6.30. The minimum Gasteiger partial charge on any atom is -0.370 e. The predicted octanol–water partition coefficient (Wildman–Crippen LogP) is 6.93. The van der Waals surface area contributed by atoms with Gasteiger partial charge in [0.05, 0.1) is 6.20 Å². The first-order valence-electron chi connectivity index (χ1n) is 11.9. The Hall–Kier alpha value is -3.78. The van der Waals surface area contributed by atoms with Crippen LogP contribution in [0.25, 0.3) is 0 Å². The van der Waals surface area contributed by atoms with E-state index < -0.39 is 18.1 Å². The van der Waals surface area contributed by atoms with Crippen LogP contribution >= 0.6 is 11.6 Å². The quantitative estimate of drug-likeness (QED) is 0.297. The number of amides is 1. The molecule has 37 heavy (non-hydrogen) atoms. The van der Waals surface area contributed by atoms with Crippen molar-refractivity contribution in [2.24, 2.45) is 0 Å². The van der Waals surface area contributed by atoms with Crippen molar-refractivity contribution >= 4 is 29.0 Å². The molecule has 1 aromatic heterocycles. The summed E-state index contributed by atoms with van der Waals surface area (Å²) in [5, 5.41) is 7.45. The van der Waals surface area contributed by atoms with Crippen molar-refractivity contribution in [2.45, 2.75) is 24.6 Å².